The minimum Gasteiger partial charge on any atom is -0.493 e. The first-order valence-electron chi connectivity index (χ1n) is 10.2. The molecule has 2 heterocycles. The highest BCUT2D eigenvalue weighted by Crippen LogP contribution is 2.37. The van der Waals surface area contributed by atoms with Crippen LogP contribution in [0, 0.1) is 18.3 Å². The normalized spacial score (nSPS) is 10.7. The van der Waals surface area contributed by atoms with Gasteiger partial charge in [-0.05, 0) is 48.9 Å². The van der Waals surface area contributed by atoms with Gasteiger partial charge in [-0.2, -0.15) is 5.26 Å². The number of H-pyrrole nitrogens is 1. The first-order valence-corrected chi connectivity index (χ1v) is 10.2. The number of methoxy groups -OCH3 is 2. The summed E-state index contributed by atoms with van der Waals surface area (Å²) in [4.78, 5) is 7.59. The maximum absolute atomic E-state index is 9.72. The second-order valence-corrected chi connectivity index (χ2v) is 7.31. The maximum Gasteiger partial charge on any atom is 0.161 e. The summed E-state index contributed by atoms with van der Waals surface area (Å²) < 4.78 is 16.3. The Morgan fingerprint density at radius 1 is 1.03 bits per heavy atom. The van der Waals surface area contributed by atoms with E-state index in [1.165, 1.54) is 0 Å². The molecule has 0 fully saturated rings. The number of fused-ring (bicyclic) bond motifs is 1. The average molecular weight is 428 g/mol. The van der Waals surface area contributed by atoms with E-state index in [2.05, 4.69) is 33.5 Å². The van der Waals surface area contributed by atoms with Crippen LogP contribution in [0.3, 0.4) is 0 Å². The van der Waals surface area contributed by atoms with Gasteiger partial charge in [0.1, 0.15) is 12.7 Å². The molecule has 0 aliphatic heterocycles. The highest BCUT2D eigenvalue weighted by atomic mass is 16.5. The van der Waals surface area contributed by atoms with Gasteiger partial charge in [0.15, 0.2) is 11.5 Å². The van der Waals surface area contributed by atoms with Gasteiger partial charge in [0.2, 0.25) is 0 Å². The monoisotopic (exact) mass is 428 g/mol. The number of hydrogen-bond donors (Lipinski definition) is 2. The summed E-state index contributed by atoms with van der Waals surface area (Å²) in [6.07, 6.45) is 3.30. The van der Waals surface area contributed by atoms with Crippen molar-refractivity contribution in [2.24, 2.45) is 0 Å². The van der Waals surface area contributed by atoms with Crippen molar-refractivity contribution in [3.63, 3.8) is 0 Å². The van der Waals surface area contributed by atoms with E-state index in [0.717, 1.165) is 33.4 Å². The van der Waals surface area contributed by atoms with Crippen LogP contribution in [-0.2, 0) is 4.74 Å². The number of benzene rings is 2. The predicted octanol–water partition coefficient (Wildman–Crippen LogP) is 5.19. The number of aromatic amines is 1. The van der Waals surface area contributed by atoms with Gasteiger partial charge in [-0.1, -0.05) is 6.07 Å². The Labute approximate surface area is 186 Å². The molecule has 2 aromatic heterocycles. The third kappa shape index (κ3) is 4.36. The molecule has 0 saturated heterocycles. The molecule has 0 spiro atoms. The molecule has 2 aromatic carbocycles. The molecule has 0 amide bonds. The summed E-state index contributed by atoms with van der Waals surface area (Å²) in [7, 11) is 3.22. The molecular formula is C25H24N4O3. The molecule has 0 aliphatic rings. The number of rotatable bonds is 8. The lowest BCUT2D eigenvalue weighted by Gasteiger charge is -2.16. The number of hydrogen-bond acceptors (Lipinski definition) is 6. The van der Waals surface area contributed by atoms with Crippen LogP contribution in [0.15, 0.2) is 54.9 Å². The summed E-state index contributed by atoms with van der Waals surface area (Å²) in [6, 6.07) is 16.0. The minimum atomic E-state index is 0.422. The van der Waals surface area contributed by atoms with E-state index in [4.69, 9.17) is 14.2 Å². The Morgan fingerprint density at radius 2 is 1.91 bits per heavy atom. The first-order chi connectivity index (χ1) is 15.6. The quantitative estimate of drug-likeness (QED) is 0.375. The fourth-order valence-electron chi connectivity index (χ4n) is 3.59. The number of nitrogens with one attached hydrogen (secondary N) is 2. The zero-order valence-electron chi connectivity index (χ0n) is 18.2. The van der Waals surface area contributed by atoms with Crippen LogP contribution < -0.4 is 14.8 Å². The number of aromatic nitrogens is 2. The summed E-state index contributed by atoms with van der Waals surface area (Å²) in [5.41, 5.74) is 5.82. The molecule has 7 nitrogen and oxygen atoms in total. The fourth-order valence-corrected chi connectivity index (χ4v) is 3.59. The molecule has 0 aliphatic carbocycles. The van der Waals surface area contributed by atoms with E-state index < -0.39 is 0 Å². The number of anilines is 2. The predicted molar refractivity (Wildman–Crippen MR) is 125 cm³/mol. The molecule has 7 heteroatoms. The van der Waals surface area contributed by atoms with E-state index in [1.54, 1.807) is 26.6 Å². The van der Waals surface area contributed by atoms with Crippen molar-refractivity contribution in [2.45, 2.75) is 6.92 Å². The topological polar surface area (TPSA) is 92.2 Å². The summed E-state index contributed by atoms with van der Waals surface area (Å²) >= 11 is 0. The smallest absolute Gasteiger partial charge is 0.161 e. The number of nitriles is 1. The second-order valence-electron chi connectivity index (χ2n) is 7.31. The van der Waals surface area contributed by atoms with E-state index in [9.17, 15) is 5.26 Å². The van der Waals surface area contributed by atoms with Crippen molar-refractivity contribution < 1.29 is 14.2 Å². The third-order valence-electron chi connectivity index (χ3n) is 5.11. The lowest BCUT2D eigenvalue weighted by Crippen LogP contribution is -2.05. The maximum atomic E-state index is 9.72. The van der Waals surface area contributed by atoms with Gasteiger partial charge in [0.05, 0.1) is 25.0 Å². The van der Waals surface area contributed by atoms with Crippen LogP contribution in [0.1, 0.15) is 11.3 Å². The molecule has 162 valence electrons. The molecular weight excluding hydrogens is 404 g/mol. The van der Waals surface area contributed by atoms with Gasteiger partial charge < -0.3 is 24.5 Å². The molecule has 4 rings (SSSR count). The SMILES string of the molecule is COCCOc1ccc(-c2cncc(C#N)c2Nc2ccc3[nH]c(C)cc3c2)cc1OC. The number of aryl methyl sites for hydroxylation is 1. The average Bonchev–Trinajstić information content (AvgIpc) is 3.19. The molecule has 0 radical (unpaired) electrons. The Morgan fingerprint density at radius 3 is 2.69 bits per heavy atom. The van der Waals surface area contributed by atoms with E-state index in [1.807, 2.05) is 37.3 Å². The largest absolute Gasteiger partial charge is 0.493 e. The lowest BCUT2D eigenvalue weighted by atomic mass is 10.0. The van der Waals surface area contributed by atoms with E-state index in [0.29, 0.717) is 36.0 Å². The number of nitrogens with zero attached hydrogens (tertiary/aromatic N) is 2. The summed E-state index contributed by atoms with van der Waals surface area (Å²) in [6.45, 7) is 2.93. The van der Waals surface area contributed by atoms with Crippen LogP contribution in [0.4, 0.5) is 11.4 Å². The Balaban J connectivity index is 1.72. The van der Waals surface area contributed by atoms with Crippen LogP contribution in [0.2, 0.25) is 0 Å². The zero-order valence-corrected chi connectivity index (χ0v) is 18.2. The van der Waals surface area contributed by atoms with Gasteiger partial charge >= 0.3 is 0 Å². The molecule has 0 unspecified atom stereocenters. The van der Waals surface area contributed by atoms with Crippen molar-refractivity contribution in [3.05, 3.63) is 66.1 Å². The molecule has 2 N–H and O–H groups in total. The van der Waals surface area contributed by atoms with Gasteiger partial charge in [0, 0.05) is 47.4 Å². The van der Waals surface area contributed by atoms with Gasteiger partial charge in [-0.25, -0.2) is 0 Å². The molecule has 0 bridgehead atoms. The Kier molecular flexibility index (Phi) is 6.24. The molecule has 0 saturated carbocycles. The number of ether oxygens (including phenoxy) is 3. The Hall–Kier alpha value is -4.02. The molecule has 0 atom stereocenters. The van der Waals surface area contributed by atoms with E-state index >= 15 is 0 Å². The third-order valence-corrected chi connectivity index (χ3v) is 5.11. The Bertz CT molecular complexity index is 1290. The van der Waals surface area contributed by atoms with Gasteiger partial charge in [0.25, 0.3) is 0 Å². The van der Waals surface area contributed by atoms with Crippen LogP contribution in [0.5, 0.6) is 11.5 Å². The van der Waals surface area contributed by atoms with E-state index in [-0.39, 0.29) is 0 Å². The second kappa shape index (κ2) is 9.41. The van der Waals surface area contributed by atoms with Gasteiger partial charge in [-0.15, -0.1) is 0 Å². The van der Waals surface area contributed by atoms with Gasteiger partial charge in [-0.3, -0.25) is 4.98 Å². The van der Waals surface area contributed by atoms with Crippen molar-refractivity contribution in [1.29, 1.82) is 5.26 Å². The lowest BCUT2D eigenvalue weighted by molar-refractivity contribution is 0.144. The zero-order chi connectivity index (χ0) is 22.5. The molecule has 32 heavy (non-hydrogen) atoms. The number of pyridine rings is 1. The first kappa shape index (κ1) is 21.2. The fraction of sp³-hybridized carbons (Fsp3) is 0.200. The van der Waals surface area contributed by atoms with Crippen LogP contribution in [-0.4, -0.2) is 37.4 Å². The highest BCUT2D eigenvalue weighted by molar-refractivity contribution is 5.89. The highest BCUT2D eigenvalue weighted by Gasteiger charge is 2.15. The summed E-state index contributed by atoms with van der Waals surface area (Å²) in [5.74, 6) is 1.22. The molecule has 4 aromatic rings. The standard InChI is InChI=1S/C25H24N4O3/c1-16-10-18-11-20(5-6-22(18)28-16)29-25-19(13-26)14-27-15-21(25)17-4-7-23(24(12-17)31-3)32-9-8-30-2/h4-7,10-12,14-15,28H,8-9H2,1-3H3,(H,27,29). The summed E-state index contributed by atoms with van der Waals surface area (Å²) in [5, 5.41) is 14.2. The van der Waals surface area contributed by atoms with Crippen molar-refractivity contribution >= 4 is 22.3 Å². The van der Waals surface area contributed by atoms with Crippen molar-refractivity contribution in [3.8, 4) is 28.7 Å². The van der Waals surface area contributed by atoms with Crippen LogP contribution in [0.25, 0.3) is 22.0 Å². The van der Waals surface area contributed by atoms with Crippen molar-refractivity contribution in [2.75, 3.05) is 32.8 Å². The minimum absolute atomic E-state index is 0.422. The van der Waals surface area contributed by atoms with Crippen molar-refractivity contribution in [1.82, 2.24) is 9.97 Å². The van der Waals surface area contributed by atoms with Crippen LogP contribution >= 0.6 is 0 Å².